The van der Waals surface area contributed by atoms with Crippen LogP contribution in [0.5, 0.6) is 0 Å². The van der Waals surface area contributed by atoms with Crippen LogP contribution in [0.15, 0.2) is 22.9 Å². The molecular weight excluding hydrogens is 154 g/mol. The molecule has 0 bridgehead atoms. The molecule has 64 valence electrons. The van der Waals surface area contributed by atoms with E-state index in [-0.39, 0.29) is 5.97 Å². The van der Waals surface area contributed by atoms with E-state index in [1.165, 1.54) is 5.57 Å². The van der Waals surface area contributed by atoms with E-state index in [4.69, 9.17) is 4.74 Å². The third-order valence-electron chi connectivity index (χ3n) is 2.11. The van der Waals surface area contributed by atoms with Gasteiger partial charge in [0.15, 0.2) is 0 Å². The Kier molecular flexibility index (Phi) is 1.64. The van der Waals surface area contributed by atoms with Crippen LogP contribution in [0, 0.1) is 0 Å². The number of rotatable bonds is 0. The van der Waals surface area contributed by atoms with Gasteiger partial charge in [-0.2, -0.15) is 0 Å². The fraction of sp³-hybridized carbons (Fsp3) is 0.444. The molecule has 0 amide bonds. The molecule has 2 heterocycles. The Hall–Kier alpha value is -1.25. The van der Waals surface area contributed by atoms with Crippen LogP contribution in [0.3, 0.4) is 0 Å². The van der Waals surface area contributed by atoms with Crippen LogP contribution in [-0.4, -0.2) is 19.1 Å². The van der Waals surface area contributed by atoms with Gasteiger partial charge in [-0.15, -0.1) is 0 Å². The molecule has 3 heteroatoms. The zero-order valence-corrected chi connectivity index (χ0v) is 7.02. The van der Waals surface area contributed by atoms with Crippen LogP contribution in [0.2, 0.25) is 0 Å². The number of carbonyl (C=O) groups is 1. The van der Waals surface area contributed by atoms with E-state index in [2.05, 4.69) is 5.32 Å². The first-order valence-corrected chi connectivity index (χ1v) is 4.08. The highest BCUT2D eigenvalue weighted by atomic mass is 16.5. The molecule has 1 fully saturated rings. The van der Waals surface area contributed by atoms with Gasteiger partial charge in [-0.1, -0.05) is 5.57 Å². The maximum atomic E-state index is 11.1. The molecule has 0 radical (unpaired) electrons. The number of ether oxygens (including phenoxy) is 1. The fourth-order valence-corrected chi connectivity index (χ4v) is 1.46. The average molecular weight is 165 g/mol. The summed E-state index contributed by atoms with van der Waals surface area (Å²) in [5.74, 6) is -0.163. The molecule has 3 nitrogen and oxygen atoms in total. The minimum Gasteiger partial charge on any atom is -0.462 e. The normalized spacial score (nSPS) is 28.4. The molecule has 0 saturated carbocycles. The summed E-state index contributed by atoms with van der Waals surface area (Å²) < 4.78 is 4.85. The van der Waals surface area contributed by atoms with Gasteiger partial charge in [0.25, 0.3) is 0 Å². The van der Waals surface area contributed by atoms with Crippen LogP contribution in [0.1, 0.15) is 13.3 Å². The van der Waals surface area contributed by atoms with Gasteiger partial charge in [-0.3, -0.25) is 0 Å². The van der Waals surface area contributed by atoms with Crippen molar-refractivity contribution >= 4 is 5.97 Å². The Morgan fingerprint density at radius 3 is 2.92 bits per heavy atom. The van der Waals surface area contributed by atoms with E-state index >= 15 is 0 Å². The fourth-order valence-electron chi connectivity index (χ4n) is 1.46. The average Bonchev–Trinajstić information content (AvgIpc) is 2.58. The Balaban J connectivity index is 2.31. The minimum absolute atomic E-state index is 0.163. The molecule has 0 atom stereocenters. The molecule has 0 spiro atoms. The molecule has 0 unspecified atom stereocenters. The monoisotopic (exact) mass is 165 g/mol. The predicted octanol–water partition coefficient (Wildman–Crippen LogP) is 0.737. The molecule has 0 aliphatic carbocycles. The van der Waals surface area contributed by atoms with Crippen molar-refractivity contribution in [3.8, 4) is 0 Å². The zero-order valence-electron chi connectivity index (χ0n) is 7.02. The summed E-state index contributed by atoms with van der Waals surface area (Å²) in [4.78, 5) is 11.1. The summed E-state index contributed by atoms with van der Waals surface area (Å²) in [5.41, 5.74) is 3.01. The molecule has 2 aliphatic rings. The lowest BCUT2D eigenvalue weighted by molar-refractivity contribution is -0.135. The standard InChI is InChI=1S/C9H11NO2/c1-6-4-8(10-5-6)7-2-3-12-9(7)11/h4,10H,2-3,5H2,1H3/b8-7-. The lowest BCUT2D eigenvalue weighted by atomic mass is 10.1. The second-order valence-electron chi connectivity index (χ2n) is 3.12. The van der Waals surface area contributed by atoms with Crippen molar-refractivity contribution in [3.05, 3.63) is 22.9 Å². The first kappa shape index (κ1) is 7.40. The maximum absolute atomic E-state index is 11.1. The molecule has 0 aromatic carbocycles. The van der Waals surface area contributed by atoms with Crippen molar-refractivity contribution in [2.45, 2.75) is 13.3 Å². The van der Waals surface area contributed by atoms with Gasteiger partial charge in [-0.05, 0) is 13.0 Å². The van der Waals surface area contributed by atoms with E-state index in [0.29, 0.717) is 6.61 Å². The number of carbonyl (C=O) groups excluding carboxylic acids is 1. The highest BCUT2D eigenvalue weighted by Gasteiger charge is 2.23. The van der Waals surface area contributed by atoms with Gasteiger partial charge in [0.1, 0.15) is 0 Å². The van der Waals surface area contributed by atoms with Crippen LogP contribution in [0.4, 0.5) is 0 Å². The first-order valence-electron chi connectivity index (χ1n) is 4.08. The zero-order chi connectivity index (χ0) is 8.55. The molecule has 12 heavy (non-hydrogen) atoms. The molecule has 1 saturated heterocycles. The third-order valence-corrected chi connectivity index (χ3v) is 2.11. The number of hydrogen-bond donors (Lipinski definition) is 1. The maximum Gasteiger partial charge on any atom is 0.336 e. The number of cyclic esters (lactones) is 1. The number of hydrogen-bond acceptors (Lipinski definition) is 3. The van der Waals surface area contributed by atoms with Crippen molar-refractivity contribution in [2.24, 2.45) is 0 Å². The van der Waals surface area contributed by atoms with Crippen molar-refractivity contribution < 1.29 is 9.53 Å². The quantitative estimate of drug-likeness (QED) is 0.425. The van der Waals surface area contributed by atoms with Gasteiger partial charge in [0, 0.05) is 18.7 Å². The summed E-state index contributed by atoms with van der Waals surface area (Å²) >= 11 is 0. The Morgan fingerprint density at radius 2 is 2.42 bits per heavy atom. The van der Waals surface area contributed by atoms with Crippen LogP contribution in [0.25, 0.3) is 0 Å². The summed E-state index contributed by atoms with van der Waals surface area (Å²) in [7, 11) is 0. The summed E-state index contributed by atoms with van der Waals surface area (Å²) in [5, 5.41) is 3.16. The lowest BCUT2D eigenvalue weighted by Gasteiger charge is -1.99. The highest BCUT2D eigenvalue weighted by molar-refractivity contribution is 5.91. The summed E-state index contributed by atoms with van der Waals surface area (Å²) in [6.45, 7) is 3.43. The van der Waals surface area contributed by atoms with Crippen LogP contribution < -0.4 is 5.32 Å². The lowest BCUT2D eigenvalue weighted by Crippen LogP contribution is -2.11. The van der Waals surface area contributed by atoms with Gasteiger partial charge >= 0.3 is 5.97 Å². The Bertz CT molecular complexity index is 289. The first-order chi connectivity index (χ1) is 5.77. The Labute approximate surface area is 71.1 Å². The molecule has 1 N–H and O–H groups in total. The number of allylic oxidation sites excluding steroid dienone is 1. The van der Waals surface area contributed by atoms with Crippen LogP contribution >= 0.6 is 0 Å². The van der Waals surface area contributed by atoms with Gasteiger partial charge in [-0.25, -0.2) is 4.79 Å². The number of nitrogens with one attached hydrogen (secondary N) is 1. The van der Waals surface area contributed by atoms with Gasteiger partial charge in [0.05, 0.1) is 12.2 Å². The summed E-state index contributed by atoms with van der Waals surface area (Å²) in [6, 6.07) is 0. The molecule has 2 rings (SSSR count). The highest BCUT2D eigenvalue weighted by Crippen LogP contribution is 2.20. The van der Waals surface area contributed by atoms with E-state index in [1.54, 1.807) is 0 Å². The van der Waals surface area contributed by atoms with E-state index in [9.17, 15) is 4.79 Å². The van der Waals surface area contributed by atoms with Gasteiger partial charge in [0.2, 0.25) is 0 Å². The molecule has 2 aliphatic heterocycles. The minimum atomic E-state index is -0.163. The van der Waals surface area contributed by atoms with E-state index in [0.717, 1.165) is 24.2 Å². The second kappa shape index (κ2) is 2.66. The van der Waals surface area contributed by atoms with E-state index in [1.807, 2.05) is 13.0 Å². The van der Waals surface area contributed by atoms with Crippen molar-refractivity contribution in [1.82, 2.24) is 5.32 Å². The Morgan fingerprint density at radius 1 is 1.58 bits per heavy atom. The van der Waals surface area contributed by atoms with Crippen LogP contribution in [-0.2, 0) is 9.53 Å². The van der Waals surface area contributed by atoms with Crippen molar-refractivity contribution in [1.29, 1.82) is 0 Å². The molecule has 0 aromatic rings. The van der Waals surface area contributed by atoms with Crippen molar-refractivity contribution in [2.75, 3.05) is 13.2 Å². The molecular formula is C9H11NO2. The van der Waals surface area contributed by atoms with Gasteiger partial charge < -0.3 is 10.1 Å². The SMILES string of the molecule is CC1=C/C(=C2\CCOC2=O)NC1. The molecule has 0 aromatic heterocycles. The largest absolute Gasteiger partial charge is 0.462 e. The second-order valence-corrected chi connectivity index (χ2v) is 3.12. The predicted molar refractivity (Wildman–Crippen MR) is 44.4 cm³/mol. The third kappa shape index (κ3) is 1.11. The number of esters is 1. The van der Waals surface area contributed by atoms with Crippen molar-refractivity contribution in [3.63, 3.8) is 0 Å². The smallest absolute Gasteiger partial charge is 0.336 e. The topological polar surface area (TPSA) is 38.3 Å². The van der Waals surface area contributed by atoms with E-state index < -0.39 is 0 Å². The summed E-state index contributed by atoms with van der Waals surface area (Å²) in [6.07, 6.45) is 2.76.